The number of hydrogen-bond acceptors (Lipinski definition) is 6. The maximum Gasteiger partial charge on any atom is 0.407 e. The molecule has 0 bridgehead atoms. The summed E-state index contributed by atoms with van der Waals surface area (Å²) in [5, 5.41) is 12.5. The van der Waals surface area contributed by atoms with E-state index in [9.17, 15) is 14.7 Å². The Labute approximate surface area is 198 Å². The molecule has 34 heavy (non-hydrogen) atoms. The first kappa shape index (κ1) is 23.3. The SMILES string of the molecule is COc1ccc(COC(=O)[C@@H](NC(=O)OCC2c3ccccc3-c3ccccc32)[C@@H](C)O)cc1. The lowest BCUT2D eigenvalue weighted by Gasteiger charge is -2.21. The molecule has 0 heterocycles. The predicted octanol–water partition coefficient (Wildman–Crippen LogP) is 4.03. The minimum atomic E-state index is -1.26. The Morgan fingerprint density at radius 3 is 2.06 bits per heavy atom. The van der Waals surface area contributed by atoms with Gasteiger partial charge in [0.05, 0.1) is 13.2 Å². The molecule has 0 unspecified atom stereocenters. The van der Waals surface area contributed by atoms with Crippen molar-refractivity contribution in [3.63, 3.8) is 0 Å². The summed E-state index contributed by atoms with van der Waals surface area (Å²) in [7, 11) is 1.57. The van der Waals surface area contributed by atoms with Gasteiger partial charge < -0.3 is 24.6 Å². The van der Waals surface area contributed by atoms with Crippen LogP contribution in [0, 0.1) is 0 Å². The van der Waals surface area contributed by atoms with E-state index in [-0.39, 0.29) is 19.1 Å². The summed E-state index contributed by atoms with van der Waals surface area (Å²) in [5.41, 5.74) is 5.16. The van der Waals surface area contributed by atoms with Gasteiger partial charge in [0.1, 0.15) is 19.0 Å². The molecular formula is C27H27NO6. The molecule has 7 nitrogen and oxygen atoms in total. The minimum absolute atomic E-state index is 0.00157. The summed E-state index contributed by atoms with van der Waals surface area (Å²) >= 11 is 0. The Morgan fingerprint density at radius 1 is 0.912 bits per heavy atom. The molecule has 1 aliphatic carbocycles. The molecule has 0 spiro atoms. The van der Waals surface area contributed by atoms with Crippen molar-refractivity contribution in [2.24, 2.45) is 0 Å². The lowest BCUT2D eigenvalue weighted by Crippen LogP contribution is -2.48. The average Bonchev–Trinajstić information content (AvgIpc) is 3.18. The summed E-state index contributed by atoms with van der Waals surface area (Å²) in [6.45, 7) is 1.51. The Kier molecular flexibility index (Phi) is 7.13. The topological polar surface area (TPSA) is 94.1 Å². The van der Waals surface area contributed by atoms with Crippen LogP contribution in [0.25, 0.3) is 11.1 Å². The van der Waals surface area contributed by atoms with Gasteiger partial charge in [0.2, 0.25) is 0 Å². The van der Waals surface area contributed by atoms with Crippen molar-refractivity contribution in [1.82, 2.24) is 5.32 Å². The van der Waals surface area contributed by atoms with Crippen LogP contribution in [0.4, 0.5) is 4.79 Å². The smallest absolute Gasteiger partial charge is 0.407 e. The van der Waals surface area contributed by atoms with Crippen LogP contribution >= 0.6 is 0 Å². The number of ether oxygens (including phenoxy) is 3. The van der Waals surface area contributed by atoms with Gasteiger partial charge in [-0.3, -0.25) is 0 Å². The summed E-state index contributed by atoms with van der Waals surface area (Å²) in [6.07, 6.45) is -1.96. The number of aliphatic hydroxyl groups is 1. The van der Waals surface area contributed by atoms with Crippen LogP contribution in [0.3, 0.4) is 0 Å². The van der Waals surface area contributed by atoms with Gasteiger partial charge in [-0.1, -0.05) is 60.7 Å². The first-order valence-corrected chi connectivity index (χ1v) is 11.1. The predicted molar refractivity (Wildman–Crippen MR) is 126 cm³/mol. The lowest BCUT2D eigenvalue weighted by atomic mass is 9.98. The van der Waals surface area contributed by atoms with E-state index >= 15 is 0 Å². The van der Waals surface area contributed by atoms with E-state index in [1.807, 2.05) is 36.4 Å². The van der Waals surface area contributed by atoms with Crippen molar-refractivity contribution in [3.8, 4) is 16.9 Å². The van der Waals surface area contributed by atoms with Gasteiger partial charge in [-0.05, 0) is 46.9 Å². The Bertz CT molecular complexity index is 1110. The third-order valence-corrected chi connectivity index (χ3v) is 5.89. The molecule has 7 heteroatoms. The maximum absolute atomic E-state index is 12.5. The van der Waals surface area contributed by atoms with Gasteiger partial charge in [-0.15, -0.1) is 0 Å². The third-order valence-electron chi connectivity index (χ3n) is 5.89. The summed E-state index contributed by atoms with van der Waals surface area (Å²) in [4.78, 5) is 25.0. The van der Waals surface area contributed by atoms with Crippen LogP contribution in [0.15, 0.2) is 72.8 Å². The number of methoxy groups -OCH3 is 1. The van der Waals surface area contributed by atoms with Crippen molar-refractivity contribution >= 4 is 12.1 Å². The van der Waals surface area contributed by atoms with Gasteiger partial charge in [0.15, 0.2) is 6.04 Å². The highest BCUT2D eigenvalue weighted by Gasteiger charge is 2.31. The average molecular weight is 462 g/mol. The quantitative estimate of drug-likeness (QED) is 0.492. The van der Waals surface area contributed by atoms with E-state index in [2.05, 4.69) is 17.4 Å². The Hall–Kier alpha value is -3.84. The van der Waals surface area contributed by atoms with Crippen LogP contribution in [0.5, 0.6) is 5.75 Å². The van der Waals surface area contributed by atoms with Gasteiger partial charge in [0.25, 0.3) is 0 Å². The normalized spacial score (nSPS) is 13.9. The summed E-state index contributed by atoms with van der Waals surface area (Å²) in [6, 6.07) is 21.8. The molecule has 1 aliphatic rings. The van der Waals surface area contributed by atoms with E-state index in [0.717, 1.165) is 27.8 Å². The molecule has 0 aromatic heterocycles. The molecular weight excluding hydrogens is 434 g/mol. The molecule has 0 radical (unpaired) electrons. The first-order valence-electron chi connectivity index (χ1n) is 11.1. The monoisotopic (exact) mass is 461 g/mol. The lowest BCUT2D eigenvalue weighted by molar-refractivity contribution is -0.150. The fraction of sp³-hybridized carbons (Fsp3) is 0.259. The first-order chi connectivity index (χ1) is 16.5. The number of nitrogens with one attached hydrogen (secondary N) is 1. The van der Waals surface area contributed by atoms with Crippen LogP contribution in [0.1, 0.15) is 29.5 Å². The largest absolute Gasteiger partial charge is 0.497 e. The second-order valence-electron chi connectivity index (χ2n) is 8.14. The number of benzene rings is 3. The zero-order chi connectivity index (χ0) is 24.1. The Balaban J connectivity index is 1.35. The number of amides is 1. The molecule has 4 rings (SSSR count). The molecule has 3 aromatic rings. The zero-order valence-corrected chi connectivity index (χ0v) is 19.1. The van der Waals surface area contributed by atoms with Crippen molar-refractivity contribution in [1.29, 1.82) is 0 Å². The van der Waals surface area contributed by atoms with E-state index in [4.69, 9.17) is 14.2 Å². The molecule has 0 fully saturated rings. The van der Waals surface area contributed by atoms with Crippen molar-refractivity contribution in [2.75, 3.05) is 13.7 Å². The van der Waals surface area contributed by atoms with Crippen LogP contribution in [-0.4, -0.2) is 43.0 Å². The number of hydrogen-bond donors (Lipinski definition) is 2. The van der Waals surface area contributed by atoms with E-state index in [0.29, 0.717) is 5.75 Å². The molecule has 2 N–H and O–H groups in total. The van der Waals surface area contributed by atoms with Gasteiger partial charge in [-0.2, -0.15) is 0 Å². The van der Waals surface area contributed by atoms with Gasteiger partial charge in [0, 0.05) is 5.92 Å². The number of rotatable bonds is 8. The number of fused-ring (bicyclic) bond motifs is 3. The summed E-state index contributed by atoms with van der Waals surface area (Å²) in [5.74, 6) is -0.168. The van der Waals surface area contributed by atoms with E-state index < -0.39 is 24.2 Å². The fourth-order valence-corrected chi connectivity index (χ4v) is 4.11. The maximum atomic E-state index is 12.5. The van der Waals surface area contributed by atoms with Crippen LogP contribution < -0.4 is 10.1 Å². The number of alkyl carbamates (subject to hydrolysis) is 1. The molecule has 176 valence electrons. The van der Waals surface area contributed by atoms with E-state index in [1.54, 1.807) is 31.4 Å². The standard InChI is InChI=1S/C27H27NO6/c1-17(29)25(26(30)33-15-18-11-13-19(32-2)14-12-18)28-27(31)34-16-24-22-9-5-3-7-20(22)21-8-4-6-10-23(21)24/h3-14,17,24-25,29H,15-16H2,1-2H3,(H,28,31)/t17-,25+/m1/s1. The minimum Gasteiger partial charge on any atom is -0.497 e. The molecule has 1 amide bonds. The second kappa shape index (κ2) is 10.4. The number of carbonyl (C=O) groups excluding carboxylic acids is 2. The van der Waals surface area contributed by atoms with Crippen LogP contribution in [0.2, 0.25) is 0 Å². The number of esters is 1. The fourth-order valence-electron chi connectivity index (χ4n) is 4.11. The number of aliphatic hydroxyl groups excluding tert-OH is 1. The van der Waals surface area contributed by atoms with Gasteiger partial charge >= 0.3 is 12.1 Å². The summed E-state index contributed by atoms with van der Waals surface area (Å²) < 4.78 is 15.9. The zero-order valence-electron chi connectivity index (χ0n) is 19.1. The van der Waals surface area contributed by atoms with Gasteiger partial charge in [-0.25, -0.2) is 9.59 Å². The third kappa shape index (κ3) is 5.05. The van der Waals surface area contributed by atoms with Crippen molar-refractivity contribution in [3.05, 3.63) is 89.5 Å². The van der Waals surface area contributed by atoms with Crippen molar-refractivity contribution < 1.29 is 28.9 Å². The second-order valence-corrected chi connectivity index (χ2v) is 8.14. The van der Waals surface area contributed by atoms with E-state index in [1.165, 1.54) is 6.92 Å². The van der Waals surface area contributed by atoms with Crippen LogP contribution in [-0.2, 0) is 20.9 Å². The molecule has 0 aliphatic heterocycles. The highest BCUT2D eigenvalue weighted by Crippen LogP contribution is 2.44. The molecule has 0 saturated heterocycles. The molecule has 3 aromatic carbocycles. The highest BCUT2D eigenvalue weighted by atomic mass is 16.6. The Morgan fingerprint density at radius 2 is 1.50 bits per heavy atom. The number of carbonyl (C=O) groups is 2. The highest BCUT2D eigenvalue weighted by molar-refractivity contribution is 5.82. The van der Waals surface area contributed by atoms with Crippen molar-refractivity contribution in [2.45, 2.75) is 31.6 Å². The molecule has 0 saturated carbocycles. The molecule has 2 atom stereocenters.